The van der Waals surface area contributed by atoms with E-state index in [1.54, 1.807) is 6.26 Å². The molecule has 0 unspecified atom stereocenters. The van der Waals surface area contributed by atoms with Gasteiger partial charge in [0.15, 0.2) is 0 Å². The first kappa shape index (κ1) is 11.9. The van der Waals surface area contributed by atoms with Crippen LogP contribution in [0.2, 0.25) is 0 Å². The average Bonchev–Trinajstić information content (AvgIpc) is 2.77. The zero-order chi connectivity index (χ0) is 12.1. The van der Waals surface area contributed by atoms with Crippen LogP contribution in [0.5, 0.6) is 0 Å². The van der Waals surface area contributed by atoms with Crippen LogP contribution < -0.4 is 5.73 Å². The molecule has 0 fully saturated rings. The van der Waals surface area contributed by atoms with Gasteiger partial charge in [-0.15, -0.1) is 0 Å². The molecule has 0 radical (unpaired) electrons. The van der Waals surface area contributed by atoms with Crippen molar-refractivity contribution in [3.8, 4) is 0 Å². The van der Waals surface area contributed by atoms with Crippen molar-refractivity contribution in [2.45, 2.75) is 19.6 Å². The van der Waals surface area contributed by atoms with Gasteiger partial charge in [0.1, 0.15) is 5.76 Å². The van der Waals surface area contributed by atoms with Crippen LogP contribution in [0.3, 0.4) is 0 Å². The van der Waals surface area contributed by atoms with Crippen molar-refractivity contribution in [3.05, 3.63) is 59.5 Å². The summed E-state index contributed by atoms with van der Waals surface area (Å²) in [7, 11) is 2.10. The first-order chi connectivity index (χ1) is 8.29. The second kappa shape index (κ2) is 5.66. The molecule has 0 aliphatic heterocycles. The van der Waals surface area contributed by atoms with Gasteiger partial charge >= 0.3 is 0 Å². The van der Waals surface area contributed by atoms with E-state index in [1.165, 1.54) is 11.1 Å². The molecule has 17 heavy (non-hydrogen) atoms. The number of hydrogen-bond donors (Lipinski definition) is 1. The van der Waals surface area contributed by atoms with Crippen molar-refractivity contribution in [2.24, 2.45) is 5.73 Å². The topological polar surface area (TPSA) is 42.4 Å². The van der Waals surface area contributed by atoms with Gasteiger partial charge in [0, 0.05) is 18.7 Å². The number of furan rings is 1. The molecule has 90 valence electrons. The molecule has 1 aromatic carbocycles. The Hall–Kier alpha value is -1.58. The Morgan fingerprint density at radius 1 is 1.12 bits per heavy atom. The molecule has 2 N–H and O–H groups in total. The third-order valence-corrected chi connectivity index (χ3v) is 2.76. The lowest BCUT2D eigenvalue weighted by Gasteiger charge is -2.16. The Morgan fingerprint density at radius 3 is 2.59 bits per heavy atom. The van der Waals surface area contributed by atoms with Gasteiger partial charge in [-0.05, 0) is 18.7 Å². The fourth-order valence-corrected chi connectivity index (χ4v) is 1.93. The van der Waals surface area contributed by atoms with Crippen molar-refractivity contribution >= 4 is 0 Å². The quantitative estimate of drug-likeness (QED) is 0.857. The number of hydrogen-bond acceptors (Lipinski definition) is 3. The number of nitrogens with zero attached hydrogens (tertiary/aromatic N) is 1. The summed E-state index contributed by atoms with van der Waals surface area (Å²) in [5.41, 5.74) is 8.10. The highest BCUT2D eigenvalue weighted by molar-refractivity contribution is 5.18. The SMILES string of the molecule is CN(Cc1ccccc1)Cc1ccoc1CN. The Kier molecular flexibility index (Phi) is 3.96. The lowest BCUT2D eigenvalue weighted by atomic mass is 10.2. The summed E-state index contributed by atoms with van der Waals surface area (Å²) >= 11 is 0. The van der Waals surface area contributed by atoms with E-state index in [-0.39, 0.29) is 0 Å². The van der Waals surface area contributed by atoms with E-state index in [1.807, 2.05) is 12.1 Å². The summed E-state index contributed by atoms with van der Waals surface area (Å²) in [4.78, 5) is 2.25. The zero-order valence-electron chi connectivity index (χ0n) is 10.1. The van der Waals surface area contributed by atoms with Gasteiger partial charge in [0.2, 0.25) is 0 Å². The monoisotopic (exact) mass is 230 g/mol. The molecule has 0 amide bonds. The molecule has 2 aromatic rings. The lowest BCUT2D eigenvalue weighted by Crippen LogP contribution is -2.18. The first-order valence-corrected chi connectivity index (χ1v) is 5.77. The molecular formula is C14H18N2O. The smallest absolute Gasteiger partial charge is 0.121 e. The number of nitrogens with two attached hydrogens (primary N) is 1. The van der Waals surface area contributed by atoms with Gasteiger partial charge < -0.3 is 10.2 Å². The Balaban J connectivity index is 1.96. The fourth-order valence-electron chi connectivity index (χ4n) is 1.93. The van der Waals surface area contributed by atoms with Crippen LogP contribution in [-0.2, 0) is 19.6 Å². The van der Waals surface area contributed by atoms with Gasteiger partial charge in [-0.1, -0.05) is 30.3 Å². The van der Waals surface area contributed by atoms with E-state index < -0.39 is 0 Å². The summed E-state index contributed by atoms with van der Waals surface area (Å²) in [6.07, 6.45) is 1.70. The van der Waals surface area contributed by atoms with Gasteiger partial charge in [-0.2, -0.15) is 0 Å². The predicted molar refractivity (Wildman–Crippen MR) is 68.2 cm³/mol. The minimum Gasteiger partial charge on any atom is -0.468 e. The van der Waals surface area contributed by atoms with E-state index in [9.17, 15) is 0 Å². The van der Waals surface area contributed by atoms with E-state index in [0.717, 1.165) is 18.8 Å². The van der Waals surface area contributed by atoms with Crippen molar-refractivity contribution in [2.75, 3.05) is 7.05 Å². The molecule has 0 saturated carbocycles. The minimum atomic E-state index is 0.460. The second-order valence-corrected chi connectivity index (χ2v) is 4.23. The van der Waals surface area contributed by atoms with Crippen LogP contribution in [0.15, 0.2) is 47.1 Å². The molecule has 3 heteroatoms. The zero-order valence-corrected chi connectivity index (χ0v) is 10.1. The molecular weight excluding hydrogens is 212 g/mol. The van der Waals surface area contributed by atoms with Crippen LogP contribution in [-0.4, -0.2) is 11.9 Å². The molecule has 2 rings (SSSR count). The number of benzene rings is 1. The highest BCUT2D eigenvalue weighted by atomic mass is 16.3. The largest absolute Gasteiger partial charge is 0.468 e. The second-order valence-electron chi connectivity index (χ2n) is 4.23. The van der Waals surface area contributed by atoms with Crippen molar-refractivity contribution < 1.29 is 4.42 Å². The van der Waals surface area contributed by atoms with Crippen LogP contribution in [0.4, 0.5) is 0 Å². The summed E-state index contributed by atoms with van der Waals surface area (Å²) < 4.78 is 5.31. The van der Waals surface area contributed by atoms with Crippen LogP contribution >= 0.6 is 0 Å². The molecule has 0 aliphatic carbocycles. The maximum absolute atomic E-state index is 5.61. The predicted octanol–water partition coefficient (Wildman–Crippen LogP) is 2.37. The molecule has 1 aromatic heterocycles. The fraction of sp³-hybridized carbons (Fsp3) is 0.286. The van der Waals surface area contributed by atoms with Crippen LogP contribution in [0.25, 0.3) is 0 Å². The van der Waals surface area contributed by atoms with Crippen molar-refractivity contribution in [1.29, 1.82) is 0 Å². The first-order valence-electron chi connectivity index (χ1n) is 5.77. The van der Waals surface area contributed by atoms with Crippen LogP contribution in [0.1, 0.15) is 16.9 Å². The average molecular weight is 230 g/mol. The molecule has 1 heterocycles. The van der Waals surface area contributed by atoms with Gasteiger partial charge in [0.05, 0.1) is 12.8 Å². The molecule has 0 aliphatic rings. The third kappa shape index (κ3) is 3.19. The van der Waals surface area contributed by atoms with E-state index in [2.05, 4.69) is 36.2 Å². The Labute approximate surface area is 102 Å². The molecule has 0 spiro atoms. The van der Waals surface area contributed by atoms with Gasteiger partial charge in [0.25, 0.3) is 0 Å². The highest BCUT2D eigenvalue weighted by Crippen LogP contribution is 2.13. The molecule has 0 saturated heterocycles. The van der Waals surface area contributed by atoms with Crippen molar-refractivity contribution in [1.82, 2.24) is 4.90 Å². The van der Waals surface area contributed by atoms with E-state index in [4.69, 9.17) is 10.2 Å². The molecule has 0 atom stereocenters. The van der Waals surface area contributed by atoms with E-state index in [0.29, 0.717) is 6.54 Å². The minimum absolute atomic E-state index is 0.460. The molecule has 0 bridgehead atoms. The van der Waals surface area contributed by atoms with Gasteiger partial charge in [-0.25, -0.2) is 0 Å². The standard InChI is InChI=1S/C14H18N2O/c1-16(10-12-5-3-2-4-6-12)11-13-7-8-17-14(13)9-15/h2-8H,9-11,15H2,1H3. The maximum atomic E-state index is 5.61. The summed E-state index contributed by atoms with van der Waals surface area (Å²) in [5.74, 6) is 0.880. The highest BCUT2D eigenvalue weighted by Gasteiger charge is 2.07. The van der Waals surface area contributed by atoms with Crippen LogP contribution in [0, 0.1) is 0 Å². The lowest BCUT2D eigenvalue weighted by molar-refractivity contribution is 0.315. The Bertz CT molecular complexity index is 450. The van der Waals surface area contributed by atoms with Crippen molar-refractivity contribution in [3.63, 3.8) is 0 Å². The normalized spacial score (nSPS) is 11.0. The summed E-state index contributed by atoms with van der Waals surface area (Å²) in [5, 5.41) is 0. The summed E-state index contributed by atoms with van der Waals surface area (Å²) in [6.45, 7) is 2.25. The van der Waals surface area contributed by atoms with Gasteiger partial charge in [-0.3, -0.25) is 4.90 Å². The molecule has 3 nitrogen and oxygen atoms in total. The maximum Gasteiger partial charge on any atom is 0.121 e. The van der Waals surface area contributed by atoms with E-state index >= 15 is 0 Å². The summed E-state index contributed by atoms with van der Waals surface area (Å²) in [6, 6.07) is 12.4. The Morgan fingerprint density at radius 2 is 1.88 bits per heavy atom. The number of rotatable bonds is 5. The third-order valence-electron chi connectivity index (χ3n) is 2.76.